The number of nitrogens with zero attached hydrogens (tertiary/aromatic N) is 1. The maximum Gasteiger partial charge on any atom is 0.329 e. The average Bonchev–Trinajstić information content (AvgIpc) is 3.50. The number of rotatable bonds is 15. The summed E-state index contributed by atoms with van der Waals surface area (Å²) in [4.78, 5) is 30.7. The van der Waals surface area contributed by atoms with Crippen LogP contribution in [0, 0.1) is 41.4 Å². The van der Waals surface area contributed by atoms with Crippen LogP contribution in [-0.4, -0.2) is 47.3 Å². The van der Waals surface area contributed by atoms with E-state index in [0.717, 1.165) is 79.5 Å². The van der Waals surface area contributed by atoms with Crippen molar-refractivity contribution in [3.8, 4) is 11.5 Å². The lowest BCUT2D eigenvalue weighted by Crippen LogP contribution is -2.53. The molecule has 3 atom stereocenters. The predicted molar refractivity (Wildman–Crippen MR) is 232 cm³/mol. The molecule has 1 aromatic heterocycles. The molecule has 8 nitrogen and oxygen atoms in total. The summed E-state index contributed by atoms with van der Waals surface area (Å²) in [7, 11) is 0. The lowest BCUT2D eigenvalue weighted by Gasteiger charge is -2.54. The number of aliphatic carboxylic acids is 1. The second kappa shape index (κ2) is 16.9. The standard InChI is InChI=1S/C50H64ClN3O5/c1-31(30-59-45-13-18-52-44-9-3-6-32(2)47(44)45)20-38-26-35-11-12-41(58-19-5-10-46(55)53-29-42-36-22-33-21-34(24-36)25-37(42)23-33)28-43(35)49(38)14-16-50(17-15-49,48(56)57)54-40-8-4-7-39(51)27-40/h4,7-8,11-13,18,27-28,31-34,36-38,42,54H,3,5-6,9-10,14-17,19-26,29-30H2,1-2H3,(H,53,55)(H,56,57)/t31-,32-,33?,34?,36?,37?,38+,42?,49?,50?/m1/s1. The van der Waals surface area contributed by atoms with Crippen LogP contribution in [0.1, 0.15) is 132 Å². The molecule has 1 spiro atoms. The number of hydrogen-bond acceptors (Lipinski definition) is 6. The van der Waals surface area contributed by atoms with Crippen LogP contribution in [0.3, 0.4) is 0 Å². The number of amides is 1. The van der Waals surface area contributed by atoms with Gasteiger partial charge in [0, 0.05) is 41.1 Å². The van der Waals surface area contributed by atoms with Crippen molar-refractivity contribution in [2.45, 2.75) is 133 Å². The van der Waals surface area contributed by atoms with Gasteiger partial charge in [0.25, 0.3) is 0 Å². The molecule has 7 aliphatic rings. The van der Waals surface area contributed by atoms with Crippen molar-refractivity contribution in [1.29, 1.82) is 0 Å². The fraction of sp³-hybridized carbons (Fsp3) is 0.620. The number of aromatic nitrogens is 1. The first kappa shape index (κ1) is 40.6. The van der Waals surface area contributed by atoms with Gasteiger partial charge in [-0.25, -0.2) is 4.79 Å². The summed E-state index contributed by atoms with van der Waals surface area (Å²) < 4.78 is 13.0. The molecule has 0 saturated heterocycles. The van der Waals surface area contributed by atoms with Gasteiger partial charge in [-0.2, -0.15) is 0 Å². The molecular formula is C50H64ClN3O5. The van der Waals surface area contributed by atoms with Crippen LogP contribution in [-0.2, 0) is 27.8 Å². The van der Waals surface area contributed by atoms with Crippen LogP contribution in [0.2, 0.25) is 5.02 Å². The summed E-state index contributed by atoms with van der Waals surface area (Å²) in [6, 6.07) is 16.0. The van der Waals surface area contributed by atoms with Gasteiger partial charge in [0.15, 0.2) is 0 Å². The van der Waals surface area contributed by atoms with Gasteiger partial charge < -0.3 is 25.2 Å². The number of halogens is 1. The summed E-state index contributed by atoms with van der Waals surface area (Å²) in [5, 5.41) is 18.0. The summed E-state index contributed by atoms with van der Waals surface area (Å²) in [6.07, 6.45) is 17.8. The molecule has 0 unspecified atom stereocenters. The Bertz CT molecular complexity index is 1980. The molecule has 2 aromatic carbocycles. The van der Waals surface area contributed by atoms with Crippen molar-refractivity contribution in [2.24, 2.45) is 41.4 Å². The van der Waals surface area contributed by atoms with Gasteiger partial charge >= 0.3 is 5.97 Å². The first-order chi connectivity index (χ1) is 28.6. The van der Waals surface area contributed by atoms with E-state index in [-0.39, 0.29) is 11.3 Å². The van der Waals surface area contributed by atoms with Gasteiger partial charge in [-0.05, 0) is 197 Å². The molecule has 0 radical (unpaired) electrons. The van der Waals surface area contributed by atoms with E-state index in [1.165, 1.54) is 67.3 Å². The van der Waals surface area contributed by atoms with Gasteiger partial charge in [0.1, 0.15) is 17.0 Å². The zero-order valence-electron chi connectivity index (χ0n) is 35.2. The molecule has 7 aliphatic carbocycles. The van der Waals surface area contributed by atoms with Crippen molar-refractivity contribution in [1.82, 2.24) is 10.3 Å². The number of nitrogens with one attached hydrogen (secondary N) is 2. The minimum absolute atomic E-state index is 0.144. The van der Waals surface area contributed by atoms with E-state index in [1.807, 2.05) is 36.5 Å². The Hall–Kier alpha value is -3.78. The highest BCUT2D eigenvalue weighted by molar-refractivity contribution is 6.30. The number of hydrogen-bond donors (Lipinski definition) is 3. The summed E-state index contributed by atoms with van der Waals surface area (Å²) in [5.74, 6) is 6.44. The van der Waals surface area contributed by atoms with E-state index in [0.29, 0.717) is 67.6 Å². The van der Waals surface area contributed by atoms with Crippen LogP contribution < -0.4 is 20.1 Å². The van der Waals surface area contributed by atoms with Crippen LogP contribution in [0.25, 0.3) is 0 Å². The Morgan fingerprint density at radius 2 is 1.76 bits per heavy atom. The predicted octanol–water partition coefficient (Wildman–Crippen LogP) is 10.5. The Morgan fingerprint density at radius 3 is 2.51 bits per heavy atom. The fourth-order valence-corrected chi connectivity index (χ4v) is 13.5. The summed E-state index contributed by atoms with van der Waals surface area (Å²) in [5.41, 5.74) is 4.58. The van der Waals surface area contributed by atoms with E-state index < -0.39 is 11.5 Å². The van der Waals surface area contributed by atoms with E-state index in [4.69, 9.17) is 21.1 Å². The van der Waals surface area contributed by atoms with Gasteiger partial charge in [0.05, 0.1) is 13.2 Å². The maximum absolute atomic E-state index is 13.1. The van der Waals surface area contributed by atoms with Gasteiger partial charge in [0.2, 0.25) is 5.91 Å². The number of benzene rings is 2. The molecule has 1 heterocycles. The maximum atomic E-state index is 13.1. The third-order valence-corrected chi connectivity index (χ3v) is 16.3. The molecule has 4 bridgehead atoms. The van der Waals surface area contributed by atoms with Gasteiger partial charge in [-0.3, -0.25) is 9.78 Å². The Kier molecular flexibility index (Phi) is 11.7. The second-order valence-corrected chi connectivity index (χ2v) is 20.3. The molecule has 59 heavy (non-hydrogen) atoms. The number of anilines is 1. The fourth-order valence-electron chi connectivity index (χ4n) is 13.3. The molecule has 316 valence electrons. The Labute approximate surface area is 356 Å². The van der Waals surface area contributed by atoms with E-state index in [2.05, 4.69) is 47.7 Å². The largest absolute Gasteiger partial charge is 0.494 e. The number of aryl methyl sites for hydroxylation is 1. The minimum atomic E-state index is -1.08. The summed E-state index contributed by atoms with van der Waals surface area (Å²) in [6.45, 7) is 6.54. The first-order valence-corrected chi connectivity index (χ1v) is 23.4. The molecular weight excluding hydrogens is 758 g/mol. The van der Waals surface area contributed by atoms with Crippen molar-refractivity contribution in [3.63, 3.8) is 0 Å². The number of ether oxygens (including phenoxy) is 2. The highest BCUT2D eigenvalue weighted by atomic mass is 35.5. The van der Waals surface area contributed by atoms with E-state index in [1.54, 1.807) is 0 Å². The number of carboxylic acid groups (broad SMARTS) is 1. The van der Waals surface area contributed by atoms with Crippen LogP contribution in [0.5, 0.6) is 11.5 Å². The van der Waals surface area contributed by atoms with Crippen molar-refractivity contribution in [3.05, 3.63) is 82.1 Å². The van der Waals surface area contributed by atoms with Crippen LogP contribution >= 0.6 is 11.6 Å². The van der Waals surface area contributed by atoms with Gasteiger partial charge in [-0.1, -0.05) is 37.6 Å². The highest BCUT2D eigenvalue weighted by Crippen LogP contribution is 2.58. The molecule has 9 heteroatoms. The molecule has 10 rings (SSSR count). The van der Waals surface area contributed by atoms with Crippen molar-refractivity contribution in [2.75, 3.05) is 25.1 Å². The number of carboxylic acids is 1. The second-order valence-electron chi connectivity index (χ2n) is 19.9. The van der Waals surface area contributed by atoms with E-state index >= 15 is 0 Å². The monoisotopic (exact) mass is 821 g/mol. The molecule has 1 amide bonds. The number of fused-ring (bicyclic) bond motifs is 3. The number of pyridine rings is 1. The normalized spacial score (nSPS) is 31.9. The number of carbonyl (C=O) groups excluding carboxylic acids is 1. The highest BCUT2D eigenvalue weighted by Gasteiger charge is 2.54. The smallest absolute Gasteiger partial charge is 0.329 e. The molecule has 5 saturated carbocycles. The topological polar surface area (TPSA) is 110 Å². The Morgan fingerprint density at radius 1 is 0.983 bits per heavy atom. The molecule has 3 N–H and O–H groups in total. The van der Waals surface area contributed by atoms with Gasteiger partial charge in [-0.15, -0.1) is 0 Å². The zero-order valence-corrected chi connectivity index (χ0v) is 35.9. The molecule has 5 fully saturated rings. The minimum Gasteiger partial charge on any atom is -0.494 e. The molecule has 3 aromatic rings. The first-order valence-electron chi connectivity index (χ1n) is 23.0. The third kappa shape index (κ3) is 8.33. The van der Waals surface area contributed by atoms with E-state index in [9.17, 15) is 14.7 Å². The zero-order chi connectivity index (χ0) is 40.7. The molecule has 0 aliphatic heterocycles. The lowest BCUT2D eigenvalue weighted by atomic mass is 9.52. The third-order valence-electron chi connectivity index (χ3n) is 16.0. The average molecular weight is 823 g/mol. The van der Waals surface area contributed by atoms with Crippen molar-refractivity contribution >= 4 is 29.2 Å². The lowest BCUT2D eigenvalue weighted by molar-refractivity contribution is -0.144. The van der Waals surface area contributed by atoms with Crippen molar-refractivity contribution < 1.29 is 24.2 Å². The SMILES string of the molecule is C[C@@H](COc1ccnc2c1[C@H](C)CCC2)C[C@H]1Cc2ccc(OCCCC(=O)NCC3C4CC5CC(C4)CC3C5)cc2C12CCC(Nc1cccc(Cl)c1)(C(=O)O)CC2. The summed E-state index contributed by atoms with van der Waals surface area (Å²) >= 11 is 6.32. The van der Waals surface area contributed by atoms with Crippen LogP contribution in [0.4, 0.5) is 5.69 Å². The number of carbonyl (C=O) groups is 2. The quantitative estimate of drug-likeness (QED) is 0.131. The Balaban J connectivity index is 0.862. The van der Waals surface area contributed by atoms with Crippen LogP contribution in [0.15, 0.2) is 54.7 Å².